The Morgan fingerprint density at radius 1 is 1.27 bits per heavy atom. The Balaban J connectivity index is 1.54. The number of aromatic nitrogens is 2. The SMILES string of the molecule is COc1ccc(NC(=O)/C(C#N)=C\C2CC2)cc1Nc1ncc(F)c(Sc2ccccc2)n1. The molecule has 9 heteroatoms. The number of anilines is 3. The number of carbonyl (C=O) groups excluding carboxylic acids is 1. The zero-order valence-corrected chi connectivity index (χ0v) is 18.5. The predicted octanol–water partition coefficient (Wildman–Crippen LogP) is 5.32. The number of allylic oxidation sites excluding steroid dienone is 1. The Bertz CT molecular complexity index is 1240. The monoisotopic (exact) mass is 461 g/mol. The fourth-order valence-electron chi connectivity index (χ4n) is 2.95. The maximum Gasteiger partial charge on any atom is 0.265 e. The molecule has 1 amide bonds. The lowest BCUT2D eigenvalue weighted by atomic mass is 10.2. The molecule has 2 N–H and O–H groups in total. The van der Waals surface area contributed by atoms with Gasteiger partial charge in [-0.05, 0) is 49.1 Å². The molecular formula is C24H20FN5O2S. The second-order valence-corrected chi connectivity index (χ2v) is 8.35. The van der Waals surface area contributed by atoms with E-state index in [1.165, 1.54) is 18.9 Å². The first kappa shape index (κ1) is 22.3. The first-order valence-corrected chi connectivity index (χ1v) is 11.0. The minimum absolute atomic E-state index is 0.0901. The summed E-state index contributed by atoms with van der Waals surface area (Å²) in [6, 6.07) is 16.3. The summed E-state index contributed by atoms with van der Waals surface area (Å²) >= 11 is 1.18. The third-order valence-corrected chi connectivity index (χ3v) is 5.75. The molecule has 0 saturated heterocycles. The number of rotatable bonds is 8. The highest BCUT2D eigenvalue weighted by molar-refractivity contribution is 7.99. The van der Waals surface area contributed by atoms with Crippen LogP contribution >= 0.6 is 11.8 Å². The fraction of sp³-hybridized carbons (Fsp3) is 0.167. The lowest BCUT2D eigenvalue weighted by Crippen LogP contribution is -2.14. The summed E-state index contributed by atoms with van der Waals surface area (Å²) in [6.45, 7) is 0. The summed E-state index contributed by atoms with van der Waals surface area (Å²) in [5.74, 6) is -0.0544. The number of nitrogens with zero attached hydrogens (tertiary/aromatic N) is 3. The van der Waals surface area contributed by atoms with Crippen LogP contribution in [0.3, 0.4) is 0 Å². The third-order valence-electron chi connectivity index (χ3n) is 4.76. The van der Waals surface area contributed by atoms with Gasteiger partial charge in [-0.2, -0.15) is 5.26 Å². The first-order valence-electron chi connectivity index (χ1n) is 10.2. The molecule has 0 bridgehead atoms. The van der Waals surface area contributed by atoms with E-state index in [1.807, 2.05) is 36.4 Å². The maximum atomic E-state index is 14.3. The Morgan fingerprint density at radius 2 is 2.06 bits per heavy atom. The van der Waals surface area contributed by atoms with Crippen molar-refractivity contribution in [2.24, 2.45) is 5.92 Å². The van der Waals surface area contributed by atoms with Crippen molar-refractivity contribution in [2.45, 2.75) is 22.8 Å². The van der Waals surface area contributed by atoms with Crippen LogP contribution in [0, 0.1) is 23.1 Å². The van der Waals surface area contributed by atoms with Crippen molar-refractivity contribution in [3.63, 3.8) is 0 Å². The summed E-state index contributed by atoms with van der Waals surface area (Å²) in [7, 11) is 1.51. The van der Waals surface area contributed by atoms with Crippen molar-refractivity contribution in [3.8, 4) is 11.8 Å². The normalized spacial score (nSPS) is 13.2. The number of nitriles is 1. The summed E-state index contributed by atoms with van der Waals surface area (Å²) in [5.41, 5.74) is 1.02. The number of ether oxygens (including phenoxy) is 1. The van der Waals surface area contributed by atoms with Gasteiger partial charge < -0.3 is 15.4 Å². The molecule has 0 aliphatic heterocycles. The molecule has 166 valence electrons. The molecule has 1 aliphatic rings. The number of hydrogen-bond acceptors (Lipinski definition) is 7. The van der Waals surface area contributed by atoms with E-state index >= 15 is 0 Å². The van der Waals surface area contributed by atoms with Crippen molar-refractivity contribution in [1.29, 1.82) is 5.26 Å². The molecule has 2 aromatic carbocycles. The van der Waals surface area contributed by atoms with Crippen LogP contribution in [0.4, 0.5) is 21.7 Å². The number of amides is 1. The van der Waals surface area contributed by atoms with Crippen LogP contribution in [0.15, 0.2) is 76.3 Å². The fourth-order valence-corrected chi connectivity index (χ4v) is 3.75. The van der Waals surface area contributed by atoms with Gasteiger partial charge in [0.05, 0.1) is 19.0 Å². The van der Waals surface area contributed by atoms with Crippen molar-refractivity contribution < 1.29 is 13.9 Å². The summed E-state index contributed by atoms with van der Waals surface area (Å²) < 4.78 is 19.7. The van der Waals surface area contributed by atoms with Gasteiger partial charge in [0.2, 0.25) is 5.95 Å². The Morgan fingerprint density at radius 3 is 2.76 bits per heavy atom. The molecule has 0 spiro atoms. The van der Waals surface area contributed by atoms with Gasteiger partial charge in [0.1, 0.15) is 22.4 Å². The highest BCUT2D eigenvalue weighted by Gasteiger charge is 2.22. The highest BCUT2D eigenvalue weighted by Crippen LogP contribution is 2.33. The summed E-state index contributed by atoms with van der Waals surface area (Å²) in [5, 5.41) is 15.2. The van der Waals surface area contributed by atoms with Crippen molar-refractivity contribution in [3.05, 3.63) is 72.2 Å². The van der Waals surface area contributed by atoms with E-state index in [9.17, 15) is 14.4 Å². The first-order chi connectivity index (χ1) is 16.1. The van der Waals surface area contributed by atoms with Gasteiger partial charge in [-0.15, -0.1) is 0 Å². The van der Waals surface area contributed by atoms with E-state index in [-0.39, 0.29) is 16.5 Å². The second kappa shape index (κ2) is 10.1. The molecule has 7 nitrogen and oxygen atoms in total. The third kappa shape index (κ3) is 5.87. The van der Waals surface area contributed by atoms with Crippen LogP contribution in [0.5, 0.6) is 5.75 Å². The zero-order chi connectivity index (χ0) is 23.2. The lowest BCUT2D eigenvalue weighted by molar-refractivity contribution is -0.112. The van der Waals surface area contributed by atoms with Gasteiger partial charge in [-0.1, -0.05) is 36.0 Å². The van der Waals surface area contributed by atoms with Gasteiger partial charge in [0, 0.05) is 10.6 Å². The molecule has 3 aromatic rings. The molecule has 1 aliphatic carbocycles. The topological polar surface area (TPSA) is 99.9 Å². The average Bonchev–Trinajstić information content (AvgIpc) is 3.65. The van der Waals surface area contributed by atoms with E-state index in [1.54, 1.807) is 24.3 Å². The average molecular weight is 462 g/mol. The minimum Gasteiger partial charge on any atom is -0.495 e. The maximum absolute atomic E-state index is 14.3. The number of carbonyl (C=O) groups is 1. The van der Waals surface area contributed by atoms with E-state index in [0.29, 0.717) is 23.0 Å². The molecule has 1 heterocycles. The molecule has 4 rings (SSSR count). The van der Waals surface area contributed by atoms with Crippen LogP contribution in [-0.4, -0.2) is 23.0 Å². The smallest absolute Gasteiger partial charge is 0.265 e. The summed E-state index contributed by atoms with van der Waals surface area (Å²) in [6.07, 6.45) is 4.80. The predicted molar refractivity (Wildman–Crippen MR) is 124 cm³/mol. The standard InChI is InChI=1S/C24H20FN5O2S/c1-32-21-10-9-17(28-22(31)16(13-26)11-15-7-8-15)12-20(21)29-24-27-14-19(25)23(30-24)33-18-5-3-2-4-6-18/h2-6,9-12,14-15H,7-8H2,1H3,(H,28,31)(H,27,29,30)/b16-11-. The van der Waals surface area contributed by atoms with Crippen molar-refractivity contribution in [2.75, 3.05) is 17.7 Å². The van der Waals surface area contributed by atoms with Crippen LogP contribution in [0.1, 0.15) is 12.8 Å². The quantitative estimate of drug-likeness (QED) is 0.266. The van der Waals surface area contributed by atoms with E-state index in [0.717, 1.165) is 23.9 Å². The zero-order valence-electron chi connectivity index (χ0n) is 17.7. The Labute approximate surface area is 194 Å². The minimum atomic E-state index is -0.533. The van der Waals surface area contributed by atoms with Crippen LogP contribution in [0.25, 0.3) is 0 Å². The molecule has 1 aromatic heterocycles. The van der Waals surface area contributed by atoms with Gasteiger partial charge in [-0.25, -0.2) is 14.4 Å². The molecule has 33 heavy (non-hydrogen) atoms. The largest absolute Gasteiger partial charge is 0.495 e. The van der Waals surface area contributed by atoms with Gasteiger partial charge in [-0.3, -0.25) is 4.79 Å². The van der Waals surface area contributed by atoms with Crippen LogP contribution in [-0.2, 0) is 4.79 Å². The number of methoxy groups -OCH3 is 1. The lowest BCUT2D eigenvalue weighted by Gasteiger charge is -2.13. The molecule has 0 radical (unpaired) electrons. The van der Waals surface area contributed by atoms with Crippen molar-refractivity contribution >= 4 is 35.0 Å². The second-order valence-electron chi connectivity index (χ2n) is 7.29. The van der Waals surface area contributed by atoms with Gasteiger partial charge in [0.15, 0.2) is 5.82 Å². The van der Waals surface area contributed by atoms with E-state index < -0.39 is 11.7 Å². The molecule has 0 unspecified atom stereocenters. The van der Waals surface area contributed by atoms with Gasteiger partial charge >= 0.3 is 0 Å². The number of hydrogen-bond donors (Lipinski definition) is 2. The Hall–Kier alpha value is -3.90. The number of halogens is 1. The number of benzene rings is 2. The van der Waals surface area contributed by atoms with E-state index in [2.05, 4.69) is 20.6 Å². The van der Waals surface area contributed by atoms with Crippen LogP contribution in [0.2, 0.25) is 0 Å². The molecule has 1 fully saturated rings. The van der Waals surface area contributed by atoms with E-state index in [4.69, 9.17) is 4.74 Å². The number of nitrogens with one attached hydrogen (secondary N) is 2. The summed E-state index contributed by atoms with van der Waals surface area (Å²) in [4.78, 5) is 21.6. The molecule has 1 saturated carbocycles. The molecule has 0 atom stereocenters. The van der Waals surface area contributed by atoms with Crippen molar-refractivity contribution in [1.82, 2.24) is 9.97 Å². The van der Waals surface area contributed by atoms with Crippen LogP contribution < -0.4 is 15.4 Å². The Kier molecular flexibility index (Phi) is 6.86. The highest BCUT2D eigenvalue weighted by atomic mass is 32.2. The van der Waals surface area contributed by atoms with Gasteiger partial charge in [0.25, 0.3) is 5.91 Å². The molecular weight excluding hydrogens is 441 g/mol.